The number of rotatable bonds is 9. The van der Waals surface area contributed by atoms with Crippen molar-refractivity contribution in [2.75, 3.05) is 19.6 Å². The predicted molar refractivity (Wildman–Crippen MR) is 111 cm³/mol. The van der Waals surface area contributed by atoms with Gasteiger partial charge in [0.15, 0.2) is 0 Å². The zero-order valence-electron chi connectivity index (χ0n) is 16.0. The molecular formula is C15H30B3Cl3N3. The van der Waals surface area contributed by atoms with Gasteiger partial charge in [0.25, 0.3) is 22.6 Å². The lowest BCUT2D eigenvalue weighted by atomic mass is 9.71. The van der Waals surface area contributed by atoms with Gasteiger partial charge < -0.3 is 14.2 Å². The Kier molecular flexibility index (Phi) is 8.85. The van der Waals surface area contributed by atoms with Crippen LogP contribution in [0.3, 0.4) is 0 Å². The minimum atomic E-state index is -0.272. The molecule has 0 aromatic carbocycles. The minimum absolute atomic E-state index is 0.272. The molecule has 3 atom stereocenters. The van der Waals surface area contributed by atoms with Gasteiger partial charge in [-0.1, -0.05) is 20.8 Å². The van der Waals surface area contributed by atoms with E-state index < -0.39 is 0 Å². The van der Waals surface area contributed by atoms with Gasteiger partial charge in [0.05, 0.1) is 14.6 Å². The molecule has 0 aliphatic carbocycles. The van der Waals surface area contributed by atoms with Gasteiger partial charge in [-0.15, -0.1) is 34.8 Å². The fraction of sp³-hybridized carbons (Fsp3) is 1.00. The normalized spacial score (nSPS) is 24.9. The van der Waals surface area contributed by atoms with E-state index in [1.165, 1.54) is 0 Å². The molecule has 24 heavy (non-hydrogen) atoms. The summed E-state index contributed by atoms with van der Waals surface area (Å²) in [7, 11) is 6.25. The van der Waals surface area contributed by atoms with Crippen molar-refractivity contribution in [2.45, 2.75) is 75.4 Å². The van der Waals surface area contributed by atoms with Crippen LogP contribution in [0.4, 0.5) is 0 Å². The van der Waals surface area contributed by atoms with E-state index in [-0.39, 0.29) is 14.6 Å². The molecule has 0 N–H and O–H groups in total. The van der Waals surface area contributed by atoms with Gasteiger partial charge in [-0.3, -0.25) is 0 Å². The highest BCUT2D eigenvalue weighted by atomic mass is 35.5. The third kappa shape index (κ3) is 8.10. The topological polar surface area (TPSA) is 9.72 Å². The summed E-state index contributed by atoms with van der Waals surface area (Å²) in [6, 6.07) is 0. The molecule has 1 heterocycles. The van der Waals surface area contributed by atoms with Gasteiger partial charge in [0, 0.05) is 0 Å². The first kappa shape index (κ1) is 23.0. The molecule has 135 valence electrons. The second-order valence-electron chi connectivity index (χ2n) is 7.66. The SMILES string of the molecule is CCC(C)(Cl)CN1[B]N(CC(C)(Cl)CC)[B]N(CC(C)(Cl)CC)[B]1. The van der Waals surface area contributed by atoms with Crippen LogP contribution in [0.5, 0.6) is 0 Å². The van der Waals surface area contributed by atoms with E-state index in [0.29, 0.717) is 0 Å². The Morgan fingerprint density at radius 2 is 0.792 bits per heavy atom. The molecule has 0 saturated carbocycles. The van der Waals surface area contributed by atoms with Gasteiger partial charge in [-0.25, -0.2) is 0 Å². The van der Waals surface area contributed by atoms with Crippen LogP contribution >= 0.6 is 34.8 Å². The van der Waals surface area contributed by atoms with Crippen LogP contribution in [0.2, 0.25) is 0 Å². The summed E-state index contributed by atoms with van der Waals surface area (Å²) in [5.74, 6) is 0. The molecule has 1 rings (SSSR count). The van der Waals surface area contributed by atoms with Crippen LogP contribution in [0, 0.1) is 0 Å². The molecule has 1 aliphatic rings. The Hall–Kier alpha value is 0.945. The molecule has 3 radical (unpaired) electrons. The van der Waals surface area contributed by atoms with E-state index in [1.54, 1.807) is 0 Å². The third-order valence-electron chi connectivity index (χ3n) is 4.64. The van der Waals surface area contributed by atoms with E-state index in [0.717, 1.165) is 38.9 Å². The minimum Gasteiger partial charge on any atom is -0.363 e. The van der Waals surface area contributed by atoms with Gasteiger partial charge in [-0.05, 0) is 59.7 Å². The van der Waals surface area contributed by atoms with Crippen LogP contribution in [0.15, 0.2) is 0 Å². The van der Waals surface area contributed by atoms with Gasteiger partial charge in [0.1, 0.15) is 0 Å². The summed E-state index contributed by atoms with van der Waals surface area (Å²) in [4.78, 5) is -0.816. The Labute approximate surface area is 166 Å². The maximum Gasteiger partial charge on any atom is 0.290 e. The van der Waals surface area contributed by atoms with E-state index in [4.69, 9.17) is 34.8 Å². The molecule has 1 fully saturated rings. The smallest absolute Gasteiger partial charge is 0.290 e. The van der Waals surface area contributed by atoms with Crippen molar-refractivity contribution >= 4 is 57.5 Å². The number of halogens is 3. The molecule has 1 aliphatic heterocycles. The number of hydrogen-bond acceptors (Lipinski definition) is 3. The first-order valence-electron chi connectivity index (χ1n) is 8.81. The van der Waals surface area contributed by atoms with E-state index in [2.05, 4.69) is 78.4 Å². The van der Waals surface area contributed by atoms with Crippen molar-refractivity contribution in [2.24, 2.45) is 0 Å². The Bertz CT molecular complexity index is 334. The van der Waals surface area contributed by atoms with Crippen LogP contribution < -0.4 is 0 Å². The zero-order valence-corrected chi connectivity index (χ0v) is 18.2. The molecule has 1 saturated heterocycles. The largest absolute Gasteiger partial charge is 0.363 e. The molecule has 0 amide bonds. The highest BCUT2D eigenvalue weighted by molar-refractivity contribution is 6.65. The molecule has 0 aromatic rings. The number of hydrogen-bond donors (Lipinski definition) is 0. The molecule has 0 spiro atoms. The third-order valence-corrected chi connectivity index (χ3v) is 5.80. The monoisotopic (exact) mass is 390 g/mol. The van der Waals surface area contributed by atoms with Gasteiger partial charge in [-0.2, -0.15) is 0 Å². The lowest BCUT2D eigenvalue weighted by molar-refractivity contribution is 0.393. The second kappa shape index (κ2) is 9.24. The lowest BCUT2D eigenvalue weighted by Gasteiger charge is -2.45. The summed E-state index contributed by atoms with van der Waals surface area (Å²) in [6.07, 6.45) is 2.71. The highest BCUT2D eigenvalue weighted by Gasteiger charge is 2.36. The lowest BCUT2D eigenvalue weighted by Crippen LogP contribution is -2.65. The van der Waals surface area contributed by atoms with Crippen molar-refractivity contribution in [3.05, 3.63) is 0 Å². The summed E-state index contributed by atoms with van der Waals surface area (Å²) in [5, 5.41) is 0. The quantitative estimate of drug-likeness (QED) is 0.438. The van der Waals surface area contributed by atoms with Crippen LogP contribution in [-0.2, 0) is 0 Å². The maximum absolute atomic E-state index is 6.59. The molecule has 0 aromatic heterocycles. The van der Waals surface area contributed by atoms with Crippen molar-refractivity contribution in [1.82, 2.24) is 14.2 Å². The molecule has 0 bridgehead atoms. The zero-order chi connectivity index (χ0) is 18.6. The second-order valence-corrected chi connectivity index (χ2v) is 10.4. The first-order chi connectivity index (χ1) is 10.9. The molecule has 3 unspecified atom stereocenters. The fourth-order valence-corrected chi connectivity index (χ4v) is 2.80. The fourth-order valence-electron chi connectivity index (χ4n) is 2.38. The van der Waals surface area contributed by atoms with Crippen LogP contribution in [0.25, 0.3) is 0 Å². The predicted octanol–water partition coefficient (Wildman–Crippen LogP) is 3.73. The number of nitrogens with zero attached hydrogens (tertiary/aromatic N) is 3. The van der Waals surface area contributed by atoms with Crippen molar-refractivity contribution in [1.29, 1.82) is 0 Å². The van der Waals surface area contributed by atoms with E-state index >= 15 is 0 Å². The summed E-state index contributed by atoms with van der Waals surface area (Å²) < 4.78 is 6.42. The maximum atomic E-state index is 6.59. The Balaban J connectivity index is 2.82. The van der Waals surface area contributed by atoms with Crippen LogP contribution in [-0.4, -0.2) is 71.1 Å². The first-order valence-corrected chi connectivity index (χ1v) is 9.94. The summed E-state index contributed by atoms with van der Waals surface area (Å²) in [6.45, 7) is 14.7. The van der Waals surface area contributed by atoms with Gasteiger partial charge >= 0.3 is 0 Å². The van der Waals surface area contributed by atoms with Crippen molar-refractivity contribution < 1.29 is 0 Å². The number of alkyl halides is 3. The summed E-state index contributed by atoms with van der Waals surface area (Å²) in [5.41, 5.74) is 0. The van der Waals surface area contributed by atoms with Crippen LogP contribution in [0.1, 0.15) is 60.8 Å². The Morgan fingerprint density at radius 3 is 0.958 bits per heavy atom. The van der Waals surface area contributed by atoms with Crippen molar-refractivity contribution in [3.8, 4) is 0 Å². The highest BCUT2D eigenvalue weighted by Crippen LogP contribution is 2.25. The van der Waals surface area contributed by atoms with E-state index in [9.17, 15) is 0 Å². The summed E-state index contributed by atoms with van der Waals surface area (Å²) >= 11 is 19.8. The van der Waals surface area contributed by atoms with Crippen molar-refractivity contribution in [3.63, 3.8) is 0 Å². The molecule has 9 heteroatoms. The Morgan fingerprint density at radius 1 is 0.583 bits per heavy atom. The average molecular weight is 391 g/mol. The molecular weight excluding hydrogens is 361 g/mol. The standard InChI is InChI=1S/C15H30B3Cl3N3/c1-7-13(4,19)10-22-16-23(11-14(5,20)8-2)18-24(17-22)12-15(6,21)9-3/h7-12H2,1-6H3. The average Bonchev–Trinajstić information content (AvgIpc) is 2.45. The van der Waals surface area contributed by atoms with Gasteiger partial charge in [0.2, 0.25) is 0 Å². The molecule has 3 nitrogen and oxygen atoms in total. The van der Waals surface area contributed by atoms with E-state index in [1.807, 2.05) is 0 Å².